The summed E-state index contributed by atoms with van der Waals surface area (Å²) in [7, 11) is 0. The van der Waals surface area contributed by atoms with E-state index in [2.05, 4.69) is 46.0 Å². The number of hydrogen-bond donors (Lipinski definition) is 1. The summed E-state index contributed by atoms with van der Waals surface area (Å²) < 4.78 is 5.62. The molecular formula is C30H34N4O2. The monoisotopic (exact) mass is 482 g/mol. The highest BCUT2D eigenvalue weighted by atomic mass is 16.6. The summed E-state index contributed by atoms with van der Waals surface area (Å²) in [6.07, 6.45) is 6.16. The highest BCUT2D eigenvalue weighted by Crippen LogP contribution is 2.52. The number of alkyl carbamates (subject to hydrolysis) is 1. The number of aromatic nitrogens is 2. The number of ether oxygens (including phenoxy) is 1. The van der Waals surface area contributed by atoms with Crippen LogP contribution in [0.5, 0.6) is 0 Å². The van der Waals surface area contributed by atoms with Crippen molar-refractivity contribution >= 4 is 17.5 Å². The van der Waals surface area contributed by atoms with Crippen molar-refractivity contribution in [1.82, 2.24) is 15.3 Å². The number of piperidine rings is 1. The Balaban J connectivity index is 1.30. The molecule has 0 unspecified atom stereocenters. The molecule has 1 aliphatic carbocycles. The number of fused-ring (bicyclic) bond motifs is 1. The molecule has 2 aliphatic rings. The molecule has 1 saturated heterocycles. The first-order valence-corrected chi connectivity index (χ1v) is 12.6. The van der Waals surface area contributed by atoms with Crippen molar-refractivity contribution in [3.8, 4) is 0 Å². The van der Waals surface area contributed by atoms with Gasteiger partial charge in [-0.05, 0) is 56.7 Å². The van der Waals surface area contributed by atoms with E-state index in [0.29, 0.717) is 0 Å². The Morgan fingerprint density at radius 1 is 1.03 bits per heavy atom. The van der Waals surface area contributed by atoms with Crippen LogP contribution >= 0.6 is 0 Å². The van der Waals surface area contributed by atoms with Gasteiger partial charge in [-0.25, -0.2) is 9.78 Å². The van der Waals surface area contributed by atoms with Crippen molar-refractivity contribution < 1.29 is 9.53 Å². The molecule has 5 rings (SSSR count). The van der Waals surface area contributed by atoms with Gasteiger partial charge in [0.25, 0.3) is 0 Å². The maximum absolute atomic E-state index is 12.8. The smallest absolute Gasteiger partial charge is 0.408 e. The largest absolute Gasteiger partial charge is 0.444 e. The zero-order chi connectivity index (χ0) is 25.3. The van der Waals surface area contributed by atoms with Crippen LogP contribution in [-0.2, 0) is 11.2 Å². The molecule has 3 aromatic rings. The third-order valence-corrected chi connectivity index (χ3v) is 7.33. The van der Waals surface area contributed by atoms with Crippen molar-refractivity contribution in [2.45, 2.75) is 51.7 Å². The van der Waals surface area contributed by atoms with E-state index in [1.165, 1.54) is 11.1 Å². The minimum Gasteiger partial charge on any atom is -0.444 e. The third-order valence-electron chi connectivity index (χ3n) is 7.33. The van der Waals surface area contributed by atoms with Gasteiger partial charge in [0, 0.05) is 24.1 Å². The van der Waals surface area contributed by atoms with Gasteiger partial charge in [0.2, 0.25) is 0 Å². The molecule has 1 spiro atoms. The normalized spacial score (nSPS) is 18.5. The van der Waals surface area contributed by atoms with Crippen molar-refractivity contribution in [1.29, 1.82) is 0 Å². The quantitative estimate of drug-likeness (QED) is 0.498. The average molecular weight is 483 g/mol. The second-order valence-corrected chi connectivity index (χ2v) is 10.9. The Kier molecular flexibility index (Phi) is 6.29. The van der Waals surface area contributed by atoms with Crippen LogP contribution in [0.1, 0.15) is 62.0 Å². The van der Waals surface area contributed by atoms with Crippen LogP contribution < -0.4 is 10.2 Å². The molecule has 1 fully saturated rings. The number of rotatable bonds is 4. The summed E-state index contributed by atoms with van der Waals surface area (Å²) in [6.45, 7) is 11.6. The van der Waals surface area contributed by atoms with Crippen LogP contribution in [0.2, 0.25) is 0 Å². The Hall–Kier alpha value is -3.67. The van der Waals surface area contributed by atoms with Crippen LogP contribution in [0.15, 0.2) is 73.6 Å². The van der Waals surface area contributed by atoms with Crippen LogP contribution in [0.25, 0.3) is 5.57 Å². The molecule has 2 heterocycles. The van der Waals surface area contributed by atoms with E-state index < -0.39 is 5.60 Å². The second kappa shape index (κ2) is 9.41. The standard InChI is InChI=1S/C30H34N4O2/c1-21(22-10-6-5-7-11-22)25-19-32-26(20-31-25)34-16-14-30(15-17-34)18-23-12-8-9-13-24(23)27(30)33-28(35)36-29(2,3)4/h5-13,19-20,27H,1,14-18H2,2-4H3,(H,33,35)/t27-/m1/s1. The van der Waals surface area contributed by atoms with E-state index in [-0.39, 0.29) is 17.6 Å². The summed E-state index contributed by atoms with van der Waals surface area (Å²) >= 11 is 0. The first-order chi connectivity index (χ1) is 17.2. The molecule has 0 saturated carbocycles. The van der Waals surface area contributed by atoms with Gasteiger partial charge >= 0.3 is 6.09 Å². The van der Waals surface area contributed by atoms with E-state index in [0.717, 1.165) is 55.0 Å². The first-order valence-electron chi connectivity index (χ1n) is 12.6. The van der Waals surface area contributed by atoms with Gasteiger partial charge in [-0.2, -0.15) is 0 Å². The maximum atomic E-state index is 12.8. The lowest BCUT2D eigenvalue weighted by atomic mass is 9.72. The Morgan fingerprint density at radius 2 is 1.72 bits per heavy atom. The number of nitrogens with one attached hydrogen (secondary N) is 1. The summed E-state index contributed by atoms with van der Waals surface area (Å²) in [5, 5.41) is 3.22. The van der Waals surface area contributed by atoms with E-state index in [4.69, 9.17) is 9.72 Å². The SMILES string of the molecule is C=C(c1ccccc1)c1cnc(N2CCC3(CC2)Cc2ccccc2[C@H]3NC(=O)OC(C)(C)C)cn1. The fraction of sp³-hybridized carbons (Fsp3) is 0.367. The van der Waals surface area contributed by atoms with Crippen LogP contribution in [0.4, 0.5) is 10.6 Å². The minimum atomic E-state index is -0.532. The average Bonchev–Trinajstić information content (AvgIpc) is 3.16. The molecule has 1 aliphatic heterocycles. The van der Waals surface area contributed by atoms with Gasteiger partial charge in [0.1, 0.15) is 11.4 Å². The minimum absolute atomic E-state index is 0.0357. The summed E-state index contributed by atoms with van der Waals surface area (Å²) in [4.78, 5) is 24.4. The third kappa shape index (κ3) is 4.85. The van der Waals surface area contributed by atoms with E-state index in [1.54, 1.807) is 0 Å². The number of benzene rings is 2. The van der Waals surface area contributed by atoms with Crippen LogP contribution in [0.3, 0.4) is 0 Å². The molecule has 1 amide bonds. The molecule has 36 heavy (non-hydrogen) atoms. The molecule has 6 heteroatoms. The van der Waals surface area contributed by atoms with E-state index in [1.807, 2.05) is 63.5 Å². The fourth-order valence-electron chi connectivity index (χ4n) is 5.52. The van der Waals surface area contributed by atoms with E-state index >= 15 is 0 Å². The second-order valence-electron chi connectivity index (χ2n) is 10.9. The number of carbonyl (C=O) groups excluding carboxylic acids is 1. The molecule has 2 aromatic carbocycles. The van der Waals surface area contributed by atoms with Crippen molar-refractivity contribution in [3.05, 3.63) is 96.0 Å². The Labute approximate surface area is 213 Å². The maximum Gasteiger partial charge on any atom is 0.408 e. The van der Waals surface area contributed by atoms with Gasteiger partial charge in [-0.1, -0.05) is 61.2 Å². The number of amides is 1. The zero-order valence-electron chi connectivity index (χ0n) is 21.3. The summed E-state index contributed by atoms with van der Waals surface area (Å²) in [6, 6.07) is 18.4. The topological polar surface area (TPSA) is 67.4 Å². The van der Waals surface area contributed by atoms with Gasteiger partial charge < -0.3 is 15.0 Å². The van der Waals surface area contributed by atoms with Gasteiger partial charge in [0.05, 0.1) is 24.1 Å². The van der Waals surface area contributed by atoms with Gasteiger partial charge in [-0.3, -0.25) is 4.98 Å². The Morgan fingerprint density at radius 3 is 2.39 bits per heavy atom. The number of nitrogens with zero attached hydrogens (tertiary/aromatic N) is 3. The van der Waals surface area contributed by atoms with Crippen molar-refractivity contribution in [3.63, 3.8) is 0 Å². The molecular weight excluding hydrogens is 448 g/mol. The van der Waals surface area contributed by atoms with Crippen LogP contribution in [-0.4, -0.2) is 34.8 Å². The first kappa shape index (κ1) is 24.0. The molecule has 1 atom stereocenters. The van der Waals surface area contributed by atoms with Gasteiger partial charge in [0.15, 0.2) is 0 Å². The molecule has 186 valence electrons. The number of hydrogen-bond acceptors (Lipinski definition) is 5. The number of carbonyl (C=O) groups is 1. The summed E-state index contributed by atoms with van der Waals surface area (Å²) in [5.41, 5.74) is 4.65. The highest BCUT2D eigenvalue weighted by molar-refractivity contribution is 5.75. The molecule has 0 bridgehead atoms. The predicted molar refractivity (Wildman–Crippen MR) is 143 cm³/mol. The molecule has 0 radical (unpaired) electrons. The molecule has 6 nitrogen and oxygen atoms in total. The summed E-state index contributed by atoms with van der Waals surface area (Å²) in [5.74, 6) is 0.877. The lowest BCUT2D eigenvalue weighted by Crippen LogP contribution is -2.47. The lowest BCUT2D eigenvalue weighted by molar-refractivity contribution is 0.0428. The fourth-order valence-corrected chi connectivity index (χ4v) is 5.52. The molecule has 1 N–H and O–H groups in total. The van der Waals surface area contributed by atoms with Crippen molar-refractivity contribution in [2.75, 3.05) is 18.0 Å². The molecule has 1 aromatic heterocycles. The Bertz CT molecular complexity index is 1240. The number of anilines is 1. The highest BCUT2D eigenvalue weighted by Gasteiger charge is 2.48. The zero-order valence-corrected chi connectivity index (χ0v) is 21.3. The van der Waals surface area contributed by atoms with Crippen LogP contribution in [0, 0.1) is 5.41 Å². The predicted octanol–water partition coefficient (Wildman–Crippen LogP) is 5.95. The van der Waals surface area contributed by atoms with Gasteiger partial charge in [-0.15, -0.1) is 0 Å². The lowest BCUT2D eigenvalue weighted by Gasteiger charge is -2.43. The van der Waals surface area contributed by atoms with E-state index in [9.17, 15) is 4.79 Å². The van der Waals surface area contributed by atoms with Crippen molar-refractivity contribution in [2.24, 2.45) is 5.41 Å².